The normalized spacial score (nSPS) is 14.2. The molecule has 1 amide bonds. The van der Waals surface area contributed by atoms with E-state index in [4.69, 9.17) is 0 Å². The highest BCUT2D eigenvalue weighted by Crippen LogP contribution is 2.24. The molecule has 2 nitrogen and oxygen atoms in total. The van der Waals surface area contributed by atoms with Crippen molar-refractivity contribution in [3.8, 4) is 0 Å². The summed E-state index contributed by atoms with van der Waals surface area (Å²) in [5, 5.41) is 2.92. The zero-order chi connectivity index (χ0) is 11.4. The summed E-state index contributed by atoms with van der Waals surface area (Å²) in [7, 11) is 0. The van der Waals surface area contributed by atoms with Crippen LogP contribution >= 0.6 is 15.9 Å². The molecule has 0 saturated carbocycles. The molecular weight excluding hydrogens is 242 g/mol. The van der Waals surface area contributed by atoms with E-state index >= 15 is 0 Å². The van der Waals surface area contributed by atoms with Gasteiger partial charge in [0.2, 0.25) is 5.91 Å². The van der Waals surface area contributed by atoms with Gasteiger partial charge in [0.05, 0.1) is 0 Å². The zero-order valence-electron chi connectivity index (χ0n) is 9.86. The standard InChI is InChI=1S/C11H22BrNO/c1-8(2)10(14)13-7-9(12)6-11(3,4)5/h8-9H,6-7H2,1-5H3,(H,13,14). The second-order valence-electron chi connectivity index (χ2n) is 5.26. The largest absolute Gasteiger partial charge is 0.355 e. The van der Waals surface area contributed by atoms with Crippen LogP contribution in [0.25, 0.3) is 0 Å². The highest BCUT2D eigenvalue weighted by atomic mass is 79.9. The van der Waals surface area contributed by atoms with Gasteiger partial charge in [-0.3, -0.25) is 4.79 Å². The molecule has 0 radical (unpaired) electrons. The second kappa shape index (κ2) is 5.74. The number of alkyl halides is 1. The molecule has 3 heteroatoms. The fourth-order valence-electron chi connectivity index (χ4n) is 1.15. The van der Waals surface area contributed by atoms with E-state index in [2.05, 4.69) is 42.0 Å². The Balaban J connectivity index is 3.75. The second-order valence-corrected chi connectivity index (χ2v) is 6.56. The number of carbonyl (C=O) groups excluding carboxylic acids is 1. The molecule has 0 rings (SSSR count). The van der Waals surface area contributed by atoms with Crippen LogP contribution in [0.15, 0.2) is 0 Å². The Hall–Kier alpha value is -0.0500. The summed E-state index contributed by atoms with van der Waals surface area (Å²) in [6.07, 6.45) is 1.06. The van der Waals surface area contributed by atoms with E-state index in [0.29, 0.717) is 16.8 Å². The van der Waals surface area contributed by atoms with E-state index in [-0.39, 0.29) is 11.8 Å². The van der Waals surface area contributed by atoms with Gasteiger partial charge in [0.15, 0.2) is 0 Å². The molecule has 0 aromatic carbocycles. The SMILES string of the molecule is CC(C)C(=O)NCC(Br)CC(C)(C)C. The van der Waals surface area contributed by atoms with Crippen molar-refractivity contribution >= 4 is 21.8 Å². The molecule has 0 spiro atoms. The fraction of sp³-hybridized carbons (Fsp3) is 0.909. The van der Waals surface area contributed by atoms with Crippen molar-refractivity contribution in [1.29, 1.82) is 0 Å². The molecule has 0 bridgehead atoms. The Morgan fingerprint density at radius 3 is 2.21 bits per heavy atom. The van der Waals surface area contributed by atoms with Gasteiger partial charge in [-0.2, -0.15) is 0 Å². The molecule has 0 heterocycles. The molecule has 1 N–H and O–H groups in total. The van der Waals surface area contributed by atoms with Gasteiger partial charge in [0, 0.05) is 17.3 Å². The predicted octanol–water partition coefficient (Wildman–Crippen LogP) is 2.96. The fourth-order valence-corrected chi connectivity index (χ4v) is 2.29. The van der Waals surface area contributed by atoms with E-state index in [0.717, 1.165) is 6.42 Å². The Morgan fingerprint density at radius 2 is 1.86 bits per heavy atom. The molecule has 1 atom stereocenters. The molecule has 0 aromatic rings. The van der Waals surface area contributed by atoms with Gasteiger partial charge in [-0.05, 0) is 11.8 Å². The number of halogens is 1. The monoisotopic (exact) mass is 263 g/mol. The number of carbonyl (C=O) groups is 1. The van der Waals surface area contributed by atoms with Gasteiger partial charge in [-0.25, -0.2) is 0 Å². The molecule has 0 aliphatic heterocycles. The van der Waals surface area contributed by atoms with Gasteiger partial charge in [0.25, 0.3) is 0 Å². The summed E-state index contributed by atoms with van der Waals surface area (Å²) in [5.74, 6) is 0.202. The van der Waals surface area contributed by atoms with Crippen LogP contribution in [0.5, 0.6) is 0 Å². The lowest BCUT2D eigenvalue weighted by atomic mass is 9.90. The van der Waals surface area contributed by atoms with Crippen molar-refractivity contribution in [3.63, 3.8) is 0 Å². The van der Waals surface area contributed by atoms with Crippen molar-refractivity contribution < 1.29 is 4.79 Å². The third kappa shape index (κ3) is 7.36. The van der Waals surface area contributed by atoms with Crippen LogP contribution in [0.2, 0.25) is 0 Å². The molecule has 0 saturated heterocycles. The Kier molecular flexibility index (Phi) is 5.72. The minimum Gasteiger partial charge on any atom is -0.355 e. The summed E-state index contributed by atoms with van der Waals surface area (Å²) < 4.78 is 0. The van der Waals surface area contributed by atoms with Crippen LogP contribution in [-0.2, 0) is 4.79 Å². The Morgan fingerprint density at radius 1 is 1.36 bits per heavy atom. The Labute approximate surface area is 96.0 Å². The average molecular weight is 264 g/mol. The lowest BCUT2D eigenvalue weighted by Crippen LogP contribution is -2.33. The summed E-state index contributed by atoms with van der Waals surface area (Å²) in [5.41, 5.74) is 0.302. The first kappa shape index (κ1) is 13.9. The highest BCUT2D eigenvalue weighted by Gasteiger charge is 2.17. The van der Waals surface area contributed by atoms with Gasteiger partial charge in [0.1, 0.15) is 0 Å². The van der Waals surface area contributed by atoms with Crippen molar-refractivity contribution in [2.24, 2.45) is 11.3 Å². The first-order valence-corrected chi connectivity index (χ1v) is 6.05. The van der Waals surface area contributed by atoms with Crippen molar-refractivity contribution in [2.45, 2.75) is 45.9 Å². The number of hydrogen-bond acceptors (Lipinski definition) is 1. The maximum atomic E-state index is 11.3. The van der Waals surface area contributed by atoms with Gasteiger partial charge in [-0.15, -0.1) is 0 Å². The minimum atomic E-state index is 0.0735. The number of nitrogens with one attached hydrogen (secondary N) is 1. The third-order valence-electron chi connectivity index (χ3n) is 1.86. The lowest BCUT2D eigenvalue weighted by Gasteiger charge is -2.22. The number of rotatable bonds is 4. The van der Waals surface area contributed by atoms with Crippen LogP contribution in [0, 0.1) is 11.3 Å². The molecule has 84 valence electrons. The summed E-state index contributed by atoms with van der Waals surface area (Å²) in [6.45, 7) is 11.1. The Bertz CT molecular complexity index is 184. The van der Waals surface area contributed by atoms with Crippen LogP contribution in [0.4, 0.5) is 0 Å². The number of amides is 1. The maximum Gasteiger partial charge on any atom is 0.222 e. The predicted molar refractivity (Wildman–Crippen MR) is 64.6 cm³/mol. The summed E-state index contributed by atoms with van der Waals surface area (Å²) in [4.78, 5) is 11.6. The van der Waals surface area contributed by atoms with Gasteiger partial charge >= 0.3 is 0 Å². The van der Waals surface area contributed by atoms with E-state index in [1.54, 1.807) is 0 Å². The highest BCUT2D eigenvalue weighted by molar-refractivity contribution is 9.09. The molecular formula is C11H22BrNO. The van der Waals surface area contributed by atoms with Gasteiger partial charge < -0.3 is 5.32 Å². The van der Waals surface area contributed by atoms with Crippen molar-refractivity contribution in [2.75, 3.05) is 6.54 Å². The molecule has 0 aromatic heterocycles. The molecule has 0 aliphatic carbocycles. The zero-order valence-corrected chi connectivity index (χ0v) is 11.4. The molecule has 0 aliphatic rings. The summed E-state index contributed by atoms with van der Waals surface area (Å²) >= 11 is 3.58. The topological polar surface area (TPSA) is 29.1 Å². The van der Waals surface area contributed by atoms with E-state index < -0.39 is 0 Å². The minimum absolute atomic E-state index is 0.0735. The van der Waals surface area contributed by atoms with E-state index in [1.807, 2.05) is 13.8 Å². The summed E-state index contributed by atoms with van der Waals surface area (Å²) in [6, 6.07) is 0. The smallest absolute Gasteiger partial charge is 0.222 e. The maximum absolute atomic E-state index is 11.3. The van der Waals surface area contributed by atoms with E-state index in [1.165, 1.54) is 0 Å². The first-order valence-electron chi connectivity index (χ1n) is 5.14. The van der Waals surface area contributed by atoms with Crippen LogP contribution < -0.4 is 5.32 Å². The molecule has 1 unspecified atom stereocenters. The quantitative estimate of drug-likeness (QED) is 0.777. The lowest BCUT2D eigenvalue weighted by molar-refractivity contribution is -0.123. The molecule has 14 heavy (non-hydrogen) atoms. The van der Waals surface area contributed by atoms with Crippen LogP contribution in [0.1, 0.15) is 41.0 Å². The van der Waals surface area contributed by atoms with Crippen LogP contribution in [-0.4, -0.2) is 17.3 Å². The average Bonchev–Trinajstić information content (AvgIpc) is 1.96. The number of hydrogen-bond donors (Lipinski definition) is 1. The van der Waals surface area contributed by atoms with Crippen molar-refractivity contribution in [3.05, 3.63) is 0 Å². The van der Waals surface area contributed by atoms with E-state index in [9.17, 15) is 4.79 Å². The van der Waals surface area contributed by atoms with Gasteiger partial charge in [-0.1, -0.05) is 50.5 Å². The first-order chi connectivity index (χ1) is 6.22. The van der Waals surface area contributed by atoms with Crippen molar-refractivity contribution in [1.82, 2.24) is 5.32 Å². The van der Waals surface area contributed by atoms with Crippen LogP contribution in [0.3, 0.4) is 0 Å². The third-order valence-corrected chi connectivity index (χ3v) is 2.50. The molecule has 0 fully saturated rings.